The summed E-state index contributed by atoms with van der Waals surface area (Å²) >= 11 is 0. The molecule has 2 rings (SSSR count). The number of aliphatic hydroxyl groups is 1. The van der Waals surface area contributed by atoms with Crippen LogP contribution >= 0.6 is 0 Å². The second-order valence-electron chi connectivity index (χ2n) is 4.44. The summed E-state index contributed by atoms with van der Waals surface area (Å²) in [6.45, 7) is 1.47. The lowest BCUT2D eigenvalue weighted by Gasteiger charge is -2.27. The van der Waals surface area contributed by atoms with Gasteiger partial charge in [0.05, 0.1) is 0 Å². The summed E-state index contributed by atoms with van der Waals surface area (Å²) in [5.74, 6) is 0.265. The second kappa shape index (κ2) is 4.80. The number of aromatic nitrogens is 2. The number of nitro groups is 1. The number of nitrogens with zero attached hydrogens (tertiary/aromatic N) is 3. The maximum Gasteiger partial charge on any atom is 0.240 e. The van der Waals surface area contributed by atoms with Gasteiger partial charge in [0.1, 0.15) is 5.82 Å². The van der Waals surface area contributed by atoms with Gasteiger partial charge in [-0.25, -0.2) is 4.98 Å². The summed E-state index contributed by atoms with van der Waals surface area (Å²) in [6, 6.07) is 0. The van der Waals surface area contributed by atoms with Gasteiger partial charge >= 0.3 is 0 Å². The van der Waals surface area contributed by atoms with Crippen LogP contribution < -0.4 is 0 Å². The van der Waals surface area contributed by atoms with E-state index in [0.717, 1.165) is 25.9 Å². The minimum Gasteiger partial charge on any atom is -0.375 e. The first kappa shape index (κ1) is 12.0. The molecule has 1 aromatic rings. The van der Waals surface area contributed by atoms with Crippen molar-refractivity contribution in [3.63, 3.8) is 0 Å². The Morgan fingerprint density at radius 1 is 1.59 bits per heavy atom. The van der Waals surface area contributed by atoms with Crippen molar-refractivity contribution in [2.24, 2.45) is 0 Å². The van der Waals surface area contributed by atoms with E-state index < -0.39 is 17.1 Å². The Morgan fingerprint density at radius 2 is 2.29 bits per heavy atom. The third kappa shape index (κ3) is 2.80. The van der Waals surface area contributed by atoms with Gasteiger partial charge < -0.3 is 10.1 Å². The average Bonchev–Trinajstić information content (AvgIpc) is 2.86. The van der Waals surface area contributed by atoms with E-state index in [0.29, 0.717) is 0 Å². The van der Waals surface area contributed by atoms with Gasteiger partial charge in [-0.15, -0.1) is 0 Å². The predicted molar refractivity (Wildman–Crippen MR) is 60.0 cm³/mol. The number of hydrogen-bond donors (Lipinski definition) is 2. The Bertz CT molecular complexity index is 375. The van der Waals surface area contributed by atoms with Crippen molar-refractivity contribution >= 4 is 0 Å². The number of likely N-dealkylation sites (tertiary alicyclic amines) is 1. The quantitative estimate of drug-likeness (QED) is 0.556. The topological polar surface area (TPSA) is 95.3 Å². The molecule has 7 nitrogen and oxygen atoms in total. The number of H-pyrrole nitrogens is 1. The number of nitrogens with one attached hydrogen (secondary N) is 1. The Labute approximate surface area is 98.6 Å². The largest absolute Gasteiger partial charge is 0.375 e. The summed E-state index contributed by atoms with van der Waals surface area (Å²) < 4.78 is 0. The predicted octanol–water partition coefficient (Wildman–Crippen LogP) is -0.0302. The van der Waals surface area contributed by atoms with Crippen LogP contribution in [0.15, 0.2) is 12.4 Å². The molecule has 7 heteroatoms. The molecule has 1 aromatic heterocycles. The minimum atomic E-state index is -1.53. The highest BCUT2D eigenvalue weighted by Gasteiger charge is 2.40. The molecule has 1 atom stereocenters. The third-order valence-corrected chi connectivity index (χ3v) is 3.01. The lowest BCUT2D eigenvalue weighted by Crippen LogP contribution is -2.45. The van der Waals surface area contributed by atoms with Gasteiger partial charge in [-0.1, -0.05) is 0 Å². The normalized spacial score (nSPS) is 20.3. The maximum atomic E-state index is 10.7. The molecule has 0 saturated carbocycles. The Kier molecular flexibility index (Phi) is 3.39. The van der Waals surface area contributed by atoms with E-state index in [1.54, 1.807) is 6.20 Å². The van der Waals surface area contributed by atoms with Gasteiger partial charge in [0, 0.05) is 23.9 Å². The van der Waals surface area contributed by atoms with Crippen LogP contribution in [0, 0.1) is 10.1 Å². The molecule has 1 saturated heterocycles. The molecule has 1 unspecified atom stereocenters. The van der Waals surface area contributed by atoms with Gasteiger partial charge in [0.25, 0.3) is 0 Å². The first-order valence-electron chi connectivity index (χ1n) is 5.66. The summed E-state index contributed by atoms with van der Waals surface area (Å²) in [5, 5.41) is 21.1. The molecule has 1 aliphatic heterocycles. The molecule has 0 amide bonds. The molecule has 0 aromatic carbocycles. The Hall–Kier alpha value is -1.47. The van der Waals surface area contributed by atoms with Crippen LogP contribution in [0.4, 0.5) is 0 Å². The number of aromatic amines is 1. The highest BCUT2D eigenvalue weighted by atomic mass is 16.6. The number of β-amino-alcohol motifs (C(OH)–C–C–N with tert-alkyl or cyclic N) is 1. The summed E-state index contributed by atoms with van der Waals surface area (Å²) in [6.07, 6.45) is 5.20. The molecule has 2 N–H and O–H groups in total. The highest BCUT2D eigenvalue weighted by Crippen LogP contribution is 2.21. The fourth-order valence-corrected chi connectivity index (χ4v) is 2.24. The van der Waals surface area contributed by atoms with E-state index in [-0.39, 0.29) is 12.4 Å². The molecular formula is C10H16N4O3. The van der Waals surface area contributed by atoms with Gasteiger partial charge in [-0.2, -0.15) is 0 Å². The van der Waals surface area contributed by atoms with Crippen molar-refractivity contribution in [1.29, 1.82) is 0 Å². The lowest BCUT2D eigenvalue weighted by atomic mass is 10.0. The molecule has 94 valence electrons. The van der Waals surface area contributed by atoms with Crippen LogP contribution in [0.3, 0.4) is 0 Å². The van der Waals surface area contributed by atoms with Crippen LogP contribution in [0.1, 0.15) is 18.7 Å². The van der Waals surface area contributed by atoms with Crippen molar-refractivity contribution in [1.82, 2.24) is 14.9 Å². The number of rotatable bonds is 5. The molecule has 1 fully saturated rings. The van der Waals surface area contributed by atoms with Crippen LogP contribution in [0.25, 0.3) is 0 Å². The average molecular weight is 240 g/mol. The summed E-state index contributed by atoms with van der Waals surface area (Å²) in [7, 11) is 0. The minimum absolute atomic E-state index is 0.251. The van der Waals surface area contributed by atoms with Crippen molar-refractivity contribution in [3.05, 3.63) is 28.3 Å². The van der Waals surface area contributed by atoms with Crippen molar-refractivity contribution < 1.29 is 10.0 Å². The van der Waals surface area contributed by atoms with Crippen LogP contribution in [0.2, 0.25) is 0 Å². The SMILES string of the molecule is O=[N+]([O-])CC(O)(CN1CCCC1)c1ncc[nH]1. The molecule has 0 aliphatic carbocycles. The van der Waals surface area contributed by atoms with Crippen LogP contribution in [-0.2, 0) is 5.60 Å². The van der Waals surface area contributed by atoms with E-state index in [1.165, 1.54) is 6.20 Å². The smallest absolute Gasteiger partial charge is 0.240 e. The zero-order valence-corrected chi connectivity index (χ0v) is 9.50. The maximum absolute atomic E-state index is 10.7. The van der Waals surface area contributed by atoms with Crippen LogP contribution in [0.5, 0.6) is 0 Å². The third-order valence-electron chi connectivity index (χ3n) is 3.01. The van der Waals surface area contributed by atoms with Crippen molar-refractivity contribution in [2.45, 2.75) is 18.4 Å². The van der Waals surface area contributed by atoms with E-state index in [1.807, 2.05) is 4.90 Å². The van der Waals surface area contributed by atoms with Crippen molar-refractivity contribution in [2.75, 3.05) is 26.2 Å². The van der Waals surface area contributed by atoms with Crippen molar-refractivity contribution in [3.8, 4) is 0 Å². The van der Waals surface area contributed by atoms with Crippen LogP contribution in [-0.4, -0.2) is 51.1 Å². The van der Waals surface area contributed by atoms with Gasteiger partial charge in [-0.05, 0) is 25.9 Å². The fraction of sp³-hybridized carbons (Fsp3) is 0.700. The molecule has 0 spiro atoms. The zero-order valence-electron chi connectivity index (χ0n) is 9.50. The van der Waals surface area contributed by atoms with Gasteiger partial charge in [0.2, 0.25) is 6.54 Å². The molecule has 1 aliphatic rings. The van der Waals surface area contributed by atoms with E-state index >= 15 is 0 Å². The standard InChI is InChI=1S/C10H16N4O3/c15-10(8-14(16)17,9-11-3-4-12-9)7-13-5-1-2-6-13/h3-4,15H,1-2,5-8H2,(H,11,12). The molecule has 2 heterocycles. The monoisotopic (exact) mass is 240 g/mol. The fourth-order valence-electron chi connectivity index (χ4n) is 2.24. The lowest BCUT2D eigenvalue weighted by molar-refractivity contribution is -0.503. The van der Waals surface area contributed by atoms with Gasteiger partial charge in [-0.3, -0.25) is 15.0 Å². The number of hydrogen-bond acceptors (Lipinski definition) is 5. The van der Waals surface area contributed by atoms with E-state index in [2.05, 4.69) is 9.97 Å². The molecule has 0 radical (unpaired) electrons. The highest BCUT2D eigenvalue weighted by molar-refractivity contribution is 5.03. The first-order valence-corrected chi connectivity index (χ1v) is 5.66. The molecular weight excluding hydrogens is 224 g/mol. The summed E-state index contributed by atoms with van der Waals surface area (Å²) in [5.41, 5.74) is -1.53. The van der Waals surface area contributed by atoms with E-state index in [9.17, 15) is 15.2 Å². The van der Waals surface area contributed by atoms with E-state index in [4.69, 9.17) is 0 Å². The summed E-state index contributed by atoms with van der Waals surface area (Å²) in [4.78, 5) is 18.9. The second-order valence-corrected chi connectivity index (χ2v) is 4.44. The Balaban J connectivity index is 2.14. The molecule has 17 heavy (non-hydrogen) atoms. The number of imidazole rings is 1. The zero-order chi connectivity index (χ0) is 12.3. The Morgan fingerprint density at radius 3 is 2.82 bits per heavy atom. The van der Waals surface area contributed by atoms with Gasteiger partial charge in [0.15, 0.2) is 5.60 Å². The first-order chi connectivity index (χ1) is 8.10. The molecule has 0 bridgehead atoms.